The molecule has 1 heterocycles. The molecule has 0 bridgehead atoms. The average molecular weight is 266 g/mol. The van der Waals surface area contributed by atoms with E-state index >= 15 is 0 Å². The van der Waals surface area contributed by atoms with Crippen molar-refractivity contribution >= 4 is 21.9 Å². The van der Waals surface area contributed by atoms with Crippen LogP contribution in [-0.4, -0.2) is 6.36 Å². The number of fused-ring (bicyclic) bond motifs is 3. The summed E-state index contributed by atoms with van der Waals surface area (Å²) in [5.74, 6) is -0.319. The van der Waals surface area contributed by atoms with Gasteiger partial charge < -0.3 is 9.15 Å². The monoisotopic (exact) mass is 266 g/mol. The van der Waals surface area contributed by atoms with Crippen molar-refractivity contribution < 1.29 is 22.3 Å². The second-order valence-corrected chi connectivity index (χ2v) is 4.23. The van der Waals surface area contributed by atoms with Crippen molar-refractivity contribution in [2.45, 2.75) is 13.3 Å². The number of benzene rings is 2. The Morgan fingerprint density at radius 2 is 1.58 bits per heavy atom. The molecule has 0 amide bonds. The Morgan fingerprint density at radius 3 is 2.26 bits per heavy atom. The predicted octanol–water partition coefficient (Wildman–Crippen LogP) is 4.79. The Morgan fingerprint density at radius 1 is 0.947 bits per heavy atom. The lowest BCUT2D eigenvalue weighted by molar-refractivity contribution is -0.274. The van der Waals surface area contributed by atoms with Crippen molar-refractivity contribution in [3.63, 3.8) is 0 Å². The van der Waals surface area contributed by atoms with Crippen molar-refractivity contribution in [3.8, 4) is 5.75 Å². The highest BCUT2D eigenvalue weighted by molar-refractivity contribution is 6.07. The molecule has 0 saturated carbocycles. The molecule has 0 atom stereocenters. The van der Waals surface area contributed by atoms with Gasteiger partial charge in [0.2, 0.25) is 0 Å². The smallest absolute Gasteiger partial charge is 0.452 e. The number of halogens is 3. The van der Waals surface area contributed by atoms with Gasteiger partial charge in [-0.3, -0.25) is 0 Å². The molecular weight excluding hydrogens is 257 g/mol. The normalized spacial score (nSPS) is 12.2. The van der Waals surface area contributed by atoms with E-state index in [-0.39, 0.29) is 11.3 Å². The van der Waals surface area contributed by atoms with Gasteiger partial charge in [0.25, 0.3) is 0 Å². The number of hydrogen-bond donors (Lipinski definition) is 0. The zero-order chi connectivity index (χ0) is 13.6. The third-order valence-electron chi connectivity index (χ3n) is 2.91. The van der Waals surface area contributed by atoms with E-state index in [0.29, 0.717) is 11.0 Å². The maximum absolute atomic E-state index is 12.3. The molecule has 0 radical (unpaired) electrons. The van der Waals surface area contributed by atoms with E-state index in [1.165, 1.54) is 12.1 Å². The quantitative estimate of drug-likeness (QED) is 0.631. The summed E-state index contributed by atoms with van der Waals surface area (Å²) in [5, 5.41) is 1.39. The number of para-hydroxylation sites is 2. The molecule has 2 nitrogen and oxygen atoms in total. The van der Waals surface area contributed by atoms with Crippen LogP contribution in [0, 0.1) is 6.92 Å². The number of ether oxygens (including phenoxy) is 1. The van der Waals surface area contributed by atoms with E-state index in [1.807, 2.05) is 25.1 Å². The Kier molecular flexibility index (Phi) is 2.45. The van der Waals surface area contributed by atoms with E-state index in [1.54, 1.807) is 6.07 Å². The Hall–Kier alpha value is -2.17. The number of alkyl halides is 3. The molecule has 5 heteroatoms. The Balaban J connectivity index is 2.31. The van der Waals surface area contributed by atoms with E-state index in [0.717, 1.165) is 10.9 Å². The van der Waals surface area contributed by atoms with Crippen LogP contribution >= 0.6 is 0 Å². The number of rotatable bonds is 1. The minimum absolute atomic E-state index is 0.115. The maximum atomic E-state index is 12.3. The van der Waals surface area contributed by atoms with Gasteiger partial charge >= 0.3 is 6.36 Å². The van der Waals surface area contributed by atoms with Crippen molar-refractivity contribution in [1.29, 1.82) is 0 Å². The molecule has 19 heavy (non-hydrogen) atoms. The minimum atomic E-state index is -4.73. The molecule has 0 spiro atoms. The van der Waals surface area contributed by atoms with Gasteiger partial charge in [0.05, 0.1) is 0 Å². The van der Waals surface area contributed by atoms with Gasteiger partial charge in [0.15, 0.2) is 11.3 Å². The lowest BCUT2D eigenvalue weighted by Gasteiger charge is -2.08. The van der Waals surface area contributed by atoms with E-state index in [2.05, 4.69) is 4.74 Å². The summed E-state index contributed by atoms with van der Waals surface area (Å²) in [6.45, 7) is 1.84. The average Bonchev–Trinajstić information content (AvgIpc) is 2.69. The van der Waals surface area contributed by atoms with Crippen LogP contribution in [0.3, 0.4) is 0 Å². The molecule has 0 aliphatic rings. The second kappa shape index (κ2) is 3.91. The topological polar surface area (TPSA) is 22.4 Å². The molecule has 0 N–H and O–H groups in total. The fraction of sp³-hybridized carbons (Fsp3) is 0.143. The highest BCUT2D eigenvalue weighted by atomic mass is 19.4. The van der Waals surface area contributed by atoms with Crippen LogP contribution in [0.25, 0.3) is 21.9 Å². The first-order valence-electron chi connectivity index (χ1n) is 5.62. The van der Waals surface area contributed by atoms with Gasteiger partial charge in [-0.05, 0) is 18.6 Å². The van der Waals surface area contributed by atoms with Gasteiger partial charge in [0.1, 0.15) is 5.58 Å². The van der Waals surface area contributed by atoms with Crippen LogP contribution in [0.15, 0.2) is 40.8 Å². The second-order valence-electron chi connectivity index (χ2n) is 4.23. The first-order chi connectivity index (χ1) is 8.96. The van der Waals surface area contributed by atoms with Crippen LogP contribution in [0.2, 0.25) is 0 Å². The van der Waals surface area contributed by atoms with E-state index < -0.39 is 6.36 Å². The van der Waals surface area contributed by atoms with Gasteiger partial charge in [-0.15, -0.1) is 13.2 Å². The van der Waals surface area contributed by atoms with Gasteiger partial charge in [0, 0.05) is 10.8 Å². The summed E-state index contributed by atoms with van der Waals surface area (Å²) in [7, 11) is 0. The highest BCUT2D eigenvalue weighted by Gasteiger charge is 2.32. The summed E-state index contributed by atoms with van der Waals surface area (Å²) >= 11 is 0. The SMILES string of the molecule is Cc1cccc2c1oc1c(OC(F)(F)F)cccc12. The zero-order valence-corrected chi connectivity index (χ0v) is 9.91. The molecule has 1 aromatic heterocycles. The summed E-state index contributed by atoms with van der Waals surface area (Å²) < 4.78 is 46.5. The minimum Gasteiger partial charge on any atom is -0.452 e. The number of hydrogen-bond acceptors (Lipinski definition) is 2. The molecule has 0 unspecified atom stereocenters. The van der Waals surface area contributed by atoms with Crippen molar-refractivity contribution in [2.75, 3.05) is 0 Å². The molecule has 0 aliphatic carbocycles. The summed E-state index contributed by atoms with van der Waals surface area (Å²) in [5.41, 5.74) is 1.56. The van der Waals surface area contributed by atoms with Crippen LogP contribution in [-0.2, 0) is 0 Å². The van der Waals surface area contributed by atoms with Crippen molar-refractivity contribution in [2.24, 2.45) is 0 Å². The molecule has 0 saturated heterocycles. The van der Waals surface area contributed by atoms with Crippen LogP contribution in [0.1, 0.15) is 5.56 Å². The molecule has 3 rings (SSSR count). The van der Waals surface area contributed by atoms with Crippen molar-refractivity contribution in [1.82, 2.24) is 0 Å². The molecule has 0 aliphatic heterocycles. The van der Waals surface area contributed by atoms with Crippen LogP contribution < -0.4 is 4.74 Å². The van der Waals surface area contributed by atoms with Crippen LogP contribution in [0.4, 0.5) is 13.2 Å². The van der Waals surface area contributed by atoms with E-state index in [9.17, 15) is 13.2 Å². The summed E-state index contributed by atoms with van der Waals surface area (Å²) in [6, 6.07) is 9.96. The van der Waals surface area contributed by atoms with Crippen LogP contribution in [0.5, 0.6) is 5.75 Å². The third kappa shape index (κ3) is 2.01. The number of aryl methyl sites for hydroxylation is 1. The standard InChI is InChI=1S/C14H9F3O2/c1-8-4-2-5-9-10-6-3-7-11(19-14(15,16)17)13(10)18-12(8)9/h2-7H,1H3. The molecule has 0 fully saturated rings. The van der Waals surface area contributed by atoms with Gasteiger partial charge in [-0.2, -0.15) is 0 Å². The third-order valence-corrected chi connectivity index (χ3v) is 2.91. The van der Waals surface area contributed by atoms with Crippen molar-refractivity contribution in [3.05, 3.63) is 42.0 Å². The number of furan rings is 1. The Labute approximate surface area is 106 Å². The molecule has 3 aromatic rings. The van der Waals surface area contributed by atoms with Gasteiger partial charge in [-0.25, -0.2) is 0 Å². The largest absolute Gasteiger partial charge is 0.573 e. The molecule has 98 valence electrons. The highest BCUT2D eigenvalue weighted by Crippen LogP contribution is 2.37. The lowest BCUT2D eigenvalue weighted by atomic mass is 10.1. The Bertz CT molecular complexity index is 756. The molecule has 2 aromatic carbocycles. The fourth-order valence-electron chi connectivity index (χ4n) is 2.14. The molecular formula is C14H9F3O2. The van der Waals surface area contributed by atoms with E-state index in [4.69, 9.17) is 4.42 Å². The zero-order valence-electron chi connectivity index (χ0n) is 9.91. The maximum Gasteiger partial charge on any atom is 0.573 e. The summed E-state index contributed by atoms with van der Waals surface area (Å²) in [6.07, 6.45) is -4.73. The summed E-state index contributed by atoms with van der Waals surface area (Å²) in [4.78, 5) is 0. The first kappa shape index (κ1) is 11.9. The van der Waals surface area contributed by atoms with Gasteiger partial charge in [-0.1, -0.05) is 30.3 Å². The first-order valence-corrected chi connectivity index (χ1v) is 5.62. The lowest BCUT2D eigenvalue weighted by Crippen LogP contribution is -2.17. The fourth-order valence-corrected chi connectivity index (χ4v) is 2.14. The predicted molar refractivity (Wildman–Crippen MR) is 65.1 cm³/mol.